The van der Waals surface area contributed by atoms with Crippen LogP contribution >= 0.6 is 12.4 Å². The summed E-state index contributed by atoms with van der Waals surface area (Å²) in [6.45, 7) is 4.10. The Bertz CT molecular complexity index is 673. The summed E-state index contributed by atoms with van der Waals surface area (Å²) in [6.07, 6.45) is 0. The molecule has 126 valence electrons. The maximum absolute atomic E-state index is 12.2. The topological polar surface area (TPSA) is 98.9 Å². The van der Waals surface area contributed by atoms with E-state index in [4.69, 9.17) is 0 Å². The number of hydrogen-bond acceptors (Lipinski definition) is 4. The van der Waals surface area contributed by atoms with Crippen molar-refractivity contribution in [2.45, 2.75) is 25.9 Å². The van der Waals surface area contributed by atoms with Gasteiger partial charge in [-0.1, -0.05) is 18.2 Å². The van der Waals surface area contributed by atoms with Crippen molar-refractivity contribution in [1.29, 1.82) is 0 Å². The third kappa shape index (κ3) is 4.67. The lowest BCUT2D eigenvalue weighted by molar-refractivity contribution is -0.122. The van der Waals surface area contributed by atoms with Gasteiger partial charge in [0.1, 0.15) is 6.04 Å². The van der Waals surface area contributed by atoms with Gasteiger partial charge in [0, 0.05) is 18.0 Å². The molecule has 0 aliphatic rings. The standard InChI is InChI=1S/C15H21N5O2.ClH/c1-9(16-3)8-17-14(21)10(2)18-15(22)13-11-6-4-5-7-12(11)19-20-13;/h4-7,9-10,16H,8H2,1-3H3,(H,17,21)(H,18,22)(H,19,20);1H. The Morgan fingerprint density at radius 1 is 1.26 bits per heavy atom. The van der Waals surface area contributed by atoms with Gasteiger partial charge in [-0.15, -0.1) is 12.4 Å². The smallest absolute Gasteiger partial charge is 0.273 e. The monoisotopic (exact) mass is 339 g/mol. The Morgan fingerprint density at radius 2 is 1.96 bits per heavy atom. The van der Waals surface area contributed by atoms with E-state index in [1.165, 1.54) is 0 Å². The number of carbonyl (C=O) groups excluding carboxylic acids is 2. The van der Waals surface area contributed by atoms with E-state index < -0.39 is 6.04 Å². The molecular formula is C15H22ClN5O2. The fraction of sp³-hybridized carbons (Fsp3) is 0.400. The van der Waals surface area contributed by atoms with Gasteiger partial charge in [-0.05, 0) is 27.0 Å². The molecule has 4 N–H and O–H groups in total. The number of hydrogen-bond donors (Lipinski definition) is 4. The molecule has 7 nitrogen and oxygen atoms in total. The number of para-hydroxylation sites is 1. The minimum atomic E-state index is -0.632. The Hall–Kier alpha value is -2.12. The molecule has 2 unspecified atom stereocenters. The summed E-state index contributed by atoms with van der Waals surface area (Å²) in [4.78, 5) is 24.2. The molecule has 23 heavy (non-hydrogen) atoms. The van der Waals surface area contributed by atoms with Crippen LogP contribution in [0.25, 0.3) is 10.9 Å². The van der Waals surface area contributed by atoms with Crippen LogP contribution in [0.1, 0.15) is 24.3 Å². The number of likely N-dealkylation sites (N-methyl/N-ethyl adjacent to an activating group) is 1. The highest BCUT2D eigenvalue weighted by Crippen LogP contribution is 2.14. The summed E-state index contributed by atoms with van der Waals surface area (Å²) in [5.41, 5.74) is 1.08. The number of aromatic amines is 1. The Balaban J connectivity index is 0.00000264. The Labute approximate surface area is 141 Å². The van der Waals surface area contributed by atoms with Crippen molar-refractivity contribution in [2.24, 2.45) is 0 Å². The molecule has 0 bridgehead atoms. The first-order chi connectivity index (χ1) is 10.5. The Morgan fingerprint density at radius 3 is 2.65 bits per heavy atom. The molecule has 0 fully saturated rings. The highest BCUT2D eigenvalue weighted by Gasteiger charge is 2.20. The van der Waals surface area contributed by atoms with E-state index in [1.807, 2.05) is 38.2 Å². The molecule has 1 heterocycles. The van der Waals surface area contributed by atoms with Crippen molar-refractivity contribution >= 4 is 35.1 Å². The lowest BCUT2D eigenvalue weighted by Crippen LogP contribution is -2.47. The van der Waals surface area contributed by atoms with Gasteiger partial charge < -0.3 is 16.0 Å². The van der Waals surface area contributed by atoms with Crippen molar-refractivity contribution in [3.05, 3.63) is 30.0 Å². The lowest BCUT2D eigenvalue weighted by Gasteiger charge is -2.16. The molecule has 1 aromatic carbocycles. The van der Waals surface area contributed by atoms with Crippen LogP contribution in [0.5, 0.6) is 0 Å². The third-order valence-electron chi connectivity index (χ3n) is 3.50. The van der Waals surface area contributed by atoms with Crippen molar-refractivity contribution in [2.75, 3.05) is 13.6 Å². The zero-order chi connectivity index (χ0) is 16.1. The molecule has 0 radical (unpaired) electrons. The fourth-order valence-electron chi connectivity index (χ4n) is 1.98. The van der Waals surface area contributed by atoms with Crippen LogP contribution in [0.4, 0.5) is 0 Å². The molecule has 1 aromatic heterocycles. The maximum Gasteiger partial charge on any atom is 0.273 e. The van der Waals surface area contributed by atoms with Gasteiger partial charge in [0.15, 0.2) is 5.69 Å². The molecule has 0 saturated carbocycles. The predicted octanol–water partition coefficient (Wildman–Crippen LogP) is 0.827. The number of carbonyl (C=O) groups is 2. The number of halogens is 1. The summed E-state index contributed by atoms with van der Waals surface area (Å²) in [5.74, 6) is -0.600. The molecule has 2 aromatic rings. The number of nitrogens with zero attached hydrogens (tertiary/aromatic N) is 1. The number of aromatic nitrogens is 2. The van der Waals surface area contributed by atoms with Gasteiger partial charge >= 0.3 is 0 Å². The average molecular weight is 340 g/mol. The van der Waals surface area contributed by atoms with Crippen LogP contribution in [0.2, 0.25) is 0 Å². The van der Waals surface area contributed by atoms with E-state index in [9.17, 15) is 9.59 Å². The maximum atomic E-state index is 12.2. The third-order valence-corrected chi connectivity index (χ3v) is 3.50. The normalized spacial score (nSPS) is 13.0. The molecule has 2 amide bonds. The SMILES string of the molecule is CNC(C)CNC(=O)C(C)NC(=O)c1n[nH]c2ccccc12.Cl. The second-order valence-corrected chi connectivity index (χ2v) is 5.25. The fourth-order valence-corrected chi connectivity index (χ4v) is 1.98. The largest absolute Gasteiger partial charge is 0.353 e. The molecule has 2 atom stereocenters. The number of rotatable bonds is 6. The first-order valence-corrected chi connectivity index (χ1v) is 7.22. The zero-order valence-corrected chi connectivity index (χ0v) is 14.2. The van der Waals surface area contributed by atoms with E-state index in [-0.39, 0.29) is 30.3 Å². The molecule has 0 saturated heterocycles. The minimum absolute atomic E-state index is 0. The van der Waals surface area contributed by atoms with Crippen LogP contribution in [0.15, 0.2) is 24.3 Å². The summed E-state index contributed by atoms with van der Waals surface area (Å²) >= 11 is 0. The number of H-pyrrole nitrogens is 1. The second-order valence-electron chi connectivity index (χ2n) is 5.25. The molecule has 8 heteroatoms. The summed E-state index contributed by atoms with van der Waals surface area (Å²) < 4.78 is 0. The van der Waals surface area contributed by atoms with Gasteiger partial charge in [0.25, 0.3) is 5.91 Å². The number of amides is 2. The van der Waals surface area contributed by atoms with Crippen LogP contribution < -0.4 is 16.0 Å². The number of nitrogens with one attached hydrogen (secondary N) is 4. The lowest BCUT2D eigenvalue weighted by atomic mass is 10.2. The van der Waals surface area contributed by atoms with Crippen LogP contribution in [-0.4, -0.2) is 47.7 Å². The van der Waals surface area contributed by atoms with Crippen LogP contribution in [0, 0.1) is 0 Å². The number of benzene rings is 1. The van der Waals surface area contributed by atoms with Crippen molar-refractivity contribution in [3.8, 4) is 0 Å². The van der Waals surface area contributed by atoms with Crippen molar-refractivity contribution < 1.29 is 9.59 Å². The van der Waals surface area contributed by atoms with E-state index in [0.717, 1.165) is 10.9 Å². The minimum Gasteiger partial charge on any atom is -0.353 e. The van der Waals surface area contributed by atoms with Gasteiger partial charge in [-0.25, -0.2) is 0 Å². The predicted molar refractivity (Wildman–Crippen MR) is 91.8 cm³/mol. The number of fused-ring (bicyclic) bond motifs is 1. The molecule has 0 spiro atoms. The van der Waals surface area contributed by atoms with Gasteiger partial charge in [0.2, 0.25) is 5.91 Å². The summed E-state index contributed by atoms with van der Waals surface area (Å²) in [7, 11) is 1.82. The first-order valence-electron chi connectivity index (χ1n) is 7.22. The average Bonchev–Trinajstić information content (AvgIpc) is 2.96. The van der Waals surface area contributed by atoms with E-state index in [1.54, 1.807) is 6.92 Å². The van der Waals surface area contributed by atoms with Gasteiger partial charge in [0.05, 0.1) is 5.52 Å². The van der Waals surface area contributed by atoms with Crippen molar-refractivity contribution in [1.82, 2.24) is 26.1 Å². The van der Waals surface area contributed by atoms with Gasteiger partial charge in [-0.3, -0.25) is 14.7 Å². The van der Waals surface area contributed by atoms with E-state index >= 15 is 0 Å². The Kier molecular flexibility index (Phi) is 6.99. The van der Waals surface area contributed by atoms with Crippen LogP contribution in [0.3, 0.4) is 0 Å². The van der Waals surface area contributed by atoms with Crippen LogP contribution in [-0.2, 0) is 4.79 Å². The highest BCUT2D eigenvalue weighted by molar-refractivity contribution is 6.05. The summed E-state index contributed by atoms with van der Waals surface area (Å²) in [5, 5.41) is 16.0. The molecule has 2 rings (SSSR count). The van der Waals surface area contributed by atoms with E-state index in [2.05, 4.69) is 26.1 Å². The van der Waals surface area contributed by atoms with Gasteiger partial charge in [-0.2, -0.15) is 5.10 Å². The van der Waals surface area contributed by atoms with Crippen molar-refractivity contribution in [3.63, 3.8) is 0 Å². The van der Waals surface area contributed by atoms with E-state index in [0.29, 0.717) is 12.2 Å². The molecule has 0 aliphatic heterocycles. The highest BCUT2D eigenvalue weighted by atomic mass is 35.5. The summed E-state index contributed by atoms with van der Waals surface area (Å²) in [6, 6.07) is 6.89. The second kappa shape index (κ2) is 8.50. The quantitative estimate of drug-likeness (QED) is 0.626. The molecular weight excluding hydrogens is 318 g/mol. The first kappa shape index (κ1) is 18.9. The molecule has 0 aliphatic carbocycles. The zero-order valence-electron chi connectivity index (χ0n) is 13.3.